The average Bonchev–Trinajstić information content (AvgIpc) is 2.63. The summed E-state index contributed by atoms with van der Waals surface area (Å²) in [5.41, 5.74) is 7.16. The number of ether oxygens (including phenoxy) is 3. The van der Waals surface area contributed by atoms with Crippen LogP contribution in [0.3, 0.4) is 0 Å². The number of nitrogens with one attached hydrogen (secondary N) is 1. The molecule has 0 bridgehead atoms. The van der Waals surface area contributed by atoms with E-state index in [9.17, 15) is 4.79 Å². The molecule has 25 heavy (non-hydrogen) atoms. The molecule has 1 aromatic rings. The zero-order chi connectivity index (χ0) is 17.7. The SMILES string of the molecule is Cc1ccc(NC(=O)C2(N)CCOCC2)cc1OCC1CCOCC1. The second-order valence-electron chi connectivity index (χ2n) is 7.07. The third kappa shape index (κ3) is 4.71. The van der Waals surface area contributed by atoms with Gasteiger partial charge in [-0.15, -0.1) is 0 Å². The minimum atomic E-state index is -0.855. The molecule has 0 radical (unpaired) electrons. The smallest absolute Gasteiger partial charge is 0.244 e. The largest absolute Gasteiger partial charge is 0.493 e. The summed E-state index contributed by atoms with van der Waals surface area (Å²) >= 11 is 0. The first-order valence-corrected chi connectivity index (χ1v) is 9.06. The Balaban J connectivity index is 1.61. The van der Waals surface area contributed by atoms with E-state index in [1.165, 1.54) is 0 Å². The lowest BCUT2D eigenvalue weighted by atomic mass is 9.90. The highest BCUT2D eigenvalue weighted by molar-refractivity contribution is 5.98. The van der Waals surface area contributed by atoms with Crippen molar-refractivity contribution in [2.24, 2.45) is 11.7 Å². The number of amides is 1. The number of hydrogen-bond acceptors (Lipinski definition) is 5. The first kappa shape index (κ1) is 18.2. The molecule has 0 saturated carbocycles. The molecule has 6 nitrogen and oxygen atoms in total. The molecule has 2 aliphatic heterocycles. The molecular formula is C19H28N2O4. The number of benzene rings is 1. The number of carbonyl (C=O) groups excluding carboxylic acids is 1. The van der Waals surface area contributed by atoms with Crippen molar-refractivity contribution in [3.63, 3.8) is 0 Å². The third-order valence-electron chi connectivity index (χ3n) is 5.10. The van der Waals surface area contributed by atoms with Gasteiger partial charge in [-0.25, -0.2) is 0 Å². The van der Waals surface area contributed by atoms with Crippen LogP contribution in [0.4, 0.5) is 5.69 Å². The van der Waals surface area contributed by atoms with E-state index in [0.29, 0.717) is 44.3 Å². The summed E-state index contributed by atoms with van der Waals surface area (Å²) in [7, 11) is 0. The molecule has 1 aromatic carbocycles. The molecule has 2 saturated heterocycles. The van der Waals surface area contributed by atoms with Gasteiger partial charge >= 0.3 is 0 Å². The van der Waals surface area contributed by atoms with E-state index in [1.54, 1.807) is 0 Å². The van der Waals surface area contributed by atoms with Crippen molar-refractivity contribution in [1.29, 1.82) is 0 Å². The summed E-state index contributed by atoms with van der Waals surface area (Å²) in [6.07, 6.45) is 3.15. The first-order valence-electron chi connectivity index (χ1n) is 9.06. The van der Waals surface area contributed by atoms with Gasteiger partial charge in [-0.2, -0.15) is 0 Å². The Morgan fingerprint density at radius 2 is 1.92 bits per heavy atom. The van der Waals surface area contributed by atoms with Gasteiger partial charge in [0.05, 0.1) is 6.61 Å². The van der Waals surface area contributed by atoms with Gasteiger partial charge in [0, 0.05) is 38.2 Å². The van der Waals surface area contributed by atoms with Crippen LogP contribution in [0.1, 0.15) is 31.2 Å². The quantitative estimate of drug-likeness (QED) is 0.853. The first-order chi connectivity index (χ1) is 12.1. The molecule has 2 heterocycles. The molecule has 0 spiro atoms. The van der Waals surface area contributed by atoms with Crippen LogP contribution >= 0.6 is 0 Å². The summed E-state index contributed by atoms with van der Waals surface area (Å²) in [6, 6.07) is 5.73. The van der Waals surface area contributed by atoms with E-state index in [1.807, 2.05) is 25.1 Å². The number of carbonyl (C=O) groups is 1. The monoisotopic (exact) mass is 348 g/mol. The highest BCUT2D eigenvalue weighted by Crippen LogP contribution is 2.26. The van der Waals surface area contributed by atoms with Crippen LogP contribution in [0.15, 0.2) is 18.2 Å². The van der Waals surface area contributed by atoms with E-state index in [2.05, 4.69) is 5.32 Å². The lowest BCUT2D eigenvalue weighted by Gasteiger charge is -2.31. The summed E-state index contributed by atoms with van der Waals surface area (Å²) in [5, 5.41) is 2.94. The predicted octanol–water partition coefficient (Wildman–Crippen LogP) is 2.25. The zero-order valence-corrected chi connectivity index (χ0v) is 14.9. The normalized spacial score (nSPS) is 20.9. The Kier molecular flexibility index (Phi) is 5.93. The fourth-order valence-electron chi connectivity index (χ4n) is 3.17. The summed E-state index contributed by atoms with van der Waals surface area (Å²) in [4.78, 5) is 12.5. The number of aryl methyl sites for hydroxylation is 1. The van der Waals surface area contributed by atoms with Gasteiger partial charge in [-0.1, -0.05) is 6.07 Å². The zero-order valence-electron chi connectivity index (χ0n) is 14.9. The summed E-state index contributed by atoms with van der Waals surface area (Å²) in [5.74, 6) is 1.18. The van der Waals surface area contributed by atoms with E-state index in [-0.39, 0.29) is 5.91 Å². The Bertz CT molecular complexity index is 593. The van der Waals surface area contributed by atoms with Crippen LogP contribution in [0.2, 0.25) is 0 Å². The fraction of sp³-hybridized carbons (Fsp3) is 0.632. The number of rotatable bonds is 5. The maximum absolute atomic E-state index is 12.5. The van der Waals surface area contributed by atoms with Crippen LogP contribution < -0.4 is 15.8 Å². The van der Waals surface area contributed by atoms with Gasteiger partial charge in [0.15, 0.2) is 0 Å². The minimum absolute atomic E-state index is 0.157. The molecule has 0 aliphatic carbocycles. The molecular weight excluding hydrogens is 320 g/mol. The molecule has 3 rings (SSSR count). The Hall–Kier alpha value is -1.63. The van der Waals surface area contributed by atoms with E-state index in [0.717, 1.165) is 37.4 Å². The van der Waals surface area contributed by atoms with Gasteiger partial charge in [0.2, 0.25) is 5.91 Å². The van der Waals surface area contributed by atoms with Crippen molar-refractivity contribution < 1.29 is 19.0 Å². The van der Waals surface area contributed by atoms with E-state index >= 15 is 0 Å². The highest BCUT2D eigenvalue weighted by Gasteiger charge is 2.36. The standard InChI is InChI=1S/C19H28N2O4/c1-14-2-3-16(21-18(22)19(20)6-10-24-11-7-19)12-17(14)25-13-15-4-8-23-9-5-15/h2-3,12,15H,4-11,13,20H2,1H3,(H,21,22). The Labute approximate surface area is 149 Å². The minimum Gasteiger partial charge on any atom is -0.493 e. The van der Waals surface area contributed by atoms with E-state index in [4.69, 9.17) is 19.9 Å². The van der Waals surface area contributed by atoms with Crippen molar-refractivity contribution in [2.45, 2.75) is 38.1 Å². The van der Waals surface area contributed by atoms with Crippen molar-refractivity contribution in [3.8, 4) is 5.75 Å². The third-order valence-corrected chi connectivity index (χ3v) is 5.10. The van der Waals surface area contributed by atoms with E-state index < -0.39 is 5.54 Å². The van der Waals surface area contributed by atoms with Gasteiger partial charge in [0.1, 0.15) is 11.3 Å². The molecule has 2 fully saturated rings. The lowest BCUT2D eigenvalue weighted by Crippen LogP contribution is -2.54. The number of anilines is 1. The maximum atomic E-state index is 12.5. The predicted molar refractivity (Wildman–Crippen MR) is 95.8 cm³/mol. The van der Waals surface area contributed by atoms with Crippen LogP contribution in [-0.2, 0) is 14.3 Å². The molecule has 3 N–H and O–H groups in total. The van der Waals surface area contributed by atoms with Crippen molar-refractivity contribution in [2.75, 3.05) is 38.4 Å². The Morgan fingerprint density at radius 1 is 1.24 bits per heavy atom. The van der Waals surface area contributed by atoms with Crippen LogP contribution in [0.5, 0.6) is 5.75 Å². The lowest BCUT2D eigenvalue weighted by molar-refractivity contribution is -0.124. The van der Waals surface area contributed by atoms with Crippen molar-refractivity contribution >= 4 is 11.6 Å². The molecule has 138 valence electrons. The van der Waals surface area contributed by atoms with Crippen molar-refractivity contribution in [1.82, 2.24) is 0 Å². The highest BCUT2D eigenvalue weighted by atomic mass is 16.5. The molecule has 0 unspecified atom stereocenters. The summed E-state index contributed by atoms with van der Waals surface area (Å²) in [6.45, 7) is 5.36. The van der Waals surface area contributed by atoms with Gasteiger partial charge in [-0.05, 0) is 50.2 Å². The molecule has 6 heteroatoms. The van der Waals surface area contributed by atoms with Gasteiger partial charge in [-0.3, -0.25) is 4.79 Å². The van der Waals surface area contributed by atoms with Gasteiger partial charge in [0.25, 0.3) is 0 Å². The second kappa shape index (κ2) is 8.17. The van der Waals surface area contributed by atoms with Gasteiger partial charge < -0.3 is 25.3 Å². The van der Waals surface area contributed by atoms with Crippen LogP contribution in [-0.4, -0.2) is 44.5 Å². The average molecular weight is 348 g/mol. The molecule has 0 atom stereocenters. The van der Waals surface area contributed by atoms with Crippen molar-refractivity contribution in [3.05, 3.63) is 23.8 Å². The van der Waals surface area contributed by atoms with Crippen LogP contribution in [0.25, 0.3) is 0 Å². The Morgan fingerprint density at radius 3 is 2.64 bits per heavy atom. The number of nitrogens with two attached hydrogens (primary N) is 1. The second-order valence-corrected chi connectivity index (χ2v) is 7.07. The maximum Gasteiger partial charge on any atom is 0.244 e. The topological polar surface area (TPSA) is 82.8 Å². The molecule has 2 aliphatic rings. The molecule has 0 aromatic heterocycles. The number of hydrogen-bond donors (Lipinski definition) is 2. The summed E-state index contributed by atoms with van der Waals surface area (Å²) < 4.78 is 16.7. The fourth-order valence-corrected chi connectivity index (χ4v) is 3.17. The molecule has 1 amide bonds. The van der Waals surface area contributed by atoms with Crippen LogP contribution in [0, 0.1) is 12.8 Å².